The molecule has 8 nitrogen and oxygen atoms in total. The lowest BCUT2D eigenvalue weighted by molar-refractivity contribution is 0.170. The molecule has 0 saturated heterocycles. The average Bonchev–Trinajstić information content (AvgIpc) is 1.94. The van der Waals surface area contributed by atoms with Gasteiger partial charge in [0, 0.05) is 5.92 Å². The summed E-state index contributed by atoms with van der Waals surface area (Å²) < 4.78 is 64.4. The van der Waals surface area contributed by atoms with E-state index in [-0.39, 0.29) is 0 Å². The molecule has 0 aromatic heterocycles. The maximum absolute atomic E-state index is 10.1. The van der Waals surface area contributed by atoms with E-state index in [1.807, 2.05) is 0 Å². The molecule has 0 aliphatic rings. The van der Waals surface area contributed by atoms with Gasteiger partial charge in [-0.15, -0.1) is 0 Å². The highest BCUT2D eigenvalue weighted by molar-refractivity contribution is 7.81. The highest BCUT2D eigenvalue weighted by atomic mass is 32.3. The van der Waals surface area contributed by atoms with Gasteiger partial charge in [0.1, 0.15) is 0 Å². The van der Waals surface area contributed by atoms with Crippen molar-refractivity contribution >= 4 is 20.8 Å². The Bertz CT molecular complexity index is 317. The van der Waals surface area contributed by atoms with E-state index in [0.717, 1.165) is 0 Å². The van der Waals surface area contributed by atoms with E-state index in [4.69, 9.17) is 9.11 Å². The summed E-state index contributed by atoms with van der Waals surface area (Å²) in [6.07, 6.45) is 0. The first-order chi connectivity index (χ1) is 6.10. The second kappa shape index (κ2) is 5.00. The van der Waals surface area contributed by atoms with Crippen molar-refractivity contribution < 1.29 is 34.3 Å². The zero-order chi connectivity index (χ0) is 11.4. The molecule has 2 N–H and O–H groups in total. The Kier molecular flexibility index (Phi) is 4.91. The lowest BCUT2D eigenvalue weighted by Gasteiger charge is -2.08. The molecule has 0 aromatic carbocycles. The second-order valence-electron chi connectivity index (χ2n) is 2.53. The van der Waals surface area contributed by atoms with Crippen LogP contribution in [0.25, 0.3) is 0 Å². The first kappa shape index (κ1) is 13.7. The Labute approximate surface area is 81.7 Å². The van der Waals surface area contributed by atoms with Crippen molar-refractivity contribution in [3.05, 3.63) is 0 Å². The first-order valence-electron chi connectivity index (χ1n) is 3.34. The van der Waals surface area contributed by atoms with Crippen molar-refractivity contribution in [1.29, 1.82) is 0 Å². The summed E-state index contributed by atoms with van der Waals surface area (Å²) in [5.41, 5.74) is 0. The summed E-state index contributed by atoms with van der Waals surface area (Å²) in [5, 5.41) is 0. The molecule has 10 heteroatoms. The van der Waals surface area contributed by atoms with Crippen LogP contribution in [0.15, 0.2) is 0 Å². The minimum absolute atomic E-state index is 0.450. The van der Waals surface area contributed by atoms with Crippen LogP contribution in [0.4, 0.5) is 0 Å². The number of hydrogen-bond donors (Lipinski definition) is 2. The molecule has 86 valence electrons. The first-order valence-corrected chi connectivity index (χ1v) is 6.07. The van der Waals surface area contributed by atoms with Gasteiger partial charge in [-0.25, -0.2) is 8.37 Å². The summed E-state index contributed by atoms with van der Waals surface area (Å²) in [5.74, 6) is -0.626. The molecule has 0 radical (unpaired) electrons. The van der Waals surface area contributed by atoms with Crippen LogP contribution < -0.4 is 0 Å². The molecular weight excluding hydrogens is 240 g/mol. The monoisotopic (exact) mass is 250 g/mol. The third-order valence-electron chi connectivity index (χ3n) is 1.00. The van der Waals surface area contributed by atoms with Crippen LogP contribution in [0.2, 0.25) is 0 Å². The predicted octanol–water partition coefficient (Wildman–Crippen LogP) is -0.739. The zero-order valence-corrected chi connectivity index (χ0v) is 8.78. The third-order valence-corrected chi connectivity index (χ3v) is 1.87. The van der Waals surface area contributed by atoms with Gasteiger partial charge in [0.2, 0.25) is 0 Å². The van der Waals surface area contributed by atoms with E-state index in [9.17, 15) is 16.8 Å². The fourth-order valence-corrected chi connectivity index (χ4v) is 1.26. The molecular formula is C4H10O8S2. The van der Waals surface area contributed by atoms with Gasteiger partial charge in [-0.3, -0.25) is 9.11 Å². The molecule has 0 aromatic rings. The van der Waals surface area contributed by atoms with Gasteiger partial charge in [-0.2, -0.15) is 16.8 Å². The topological polar surface area (TPSA) is 127 Å². The molecule has 0 fully saturated rings. The van der Waals surface area contributed by atoms with Gasteiger partial charge >= 0.3 is 20.8 Å². The van der Waals surface area contributed by atoms with E-state index < -0.39 is 39.9 Å². The van der Waals surface area contributed by atoms with Gasteiger partial charge in [0.05, 0.1) is 13.2 Å². The normalized spacial score (nSPS) is 13.4. The minimum atomic E-state index is -4.54. The Morgan fingerprint density at radius 3 is 1.50 bits per heavy atom. The number of hydrogen-bond acceptors (Lipinski definition) is 6. The Morgan fingerprint density at radius 2 is 1.29 bits per heavy atom. The Hall–Kier alpha value is -0.260. The van der Waals surface area contributed by atoms with Gasteiger partial charge in [0.25, 0.3) is 0 Å². The lowest BCUT2D eigenvalue weighted by atomic mass is 10.2. The van der Waals surface area contributed by atoms with Crippen LogP contribution in [0, 0.1) is 5.92 Å². The Morgan fingerprint density at radius 1 is 1.00 bits per heavy atom. The van der Waals surface area contributed by atoms with Crippen molar-refractivity contribution in [2.45, 2.75) is 6.92 Å². The van der Waals surface area contributed by atoms with Crippen LogP contribution in [-0.4, -0.2) is 39.2 Å². The largest absolute Gasteiger partial charge is 0.397 e. The summed E-state index contributed by atoms with van der Waals surface area (Å²) in [4.78, 5) is 0. The molecule has 0 saturated carbocycles. The summed E-state index contributed by atoms with van der Waals surface area (Å²) in [7, 11) is -9.08. The summed E-state index contributed by atoms with van der Waals surface area (Å²) >= 11 is 0. The fraction of sp³-hybridized carbons (Fsp3) is 1.00. The van der Waals surface area contributed by atoms with Crippen molar-refractivity contribution in [2.75, 3.05) is 13.2 Å². The van der Waals surface area contributed by atoms with E-state index in [1.54, 1.807) is 0 Å². The van der Waals surface area contributed by atoms with E-state index in [2.05, 4.69) is 8.37 Å². The van der Waals surface area contributed by atoms with Gasteiger partial charge in [-0.05, 0) is 0 Å². The van der Waals surface area contributed by atoms with Crippen molar-refractivity contribution in [1.82, 2.24) is 0 Å². The highest BCUT2D eigenvalue weighted by Gasteiger charge is 2.12. The van der Waals surface area contributed by atoms with Crippen LogP contribution in [0.5, 0.6) is 0 Å². The van der Waals surface area contributed by atoms with Crippen molar-refractivity contribution in [3.8, 4) is 0 Å². The van der Waals surface area contributed by atoms with Crippen LogP contribution >= 0.6 is 0 Å². The zero-order valence-electron chi connectivity index (χ0n) is 7.15. The van der Waals surface area contributed by atoms with Crippen molar-refractivity contribution in [3.63, 3.8) is 0 Å². The SMILES string of the molecule is CC(COS(=O)(=O)O)COS(=O)(=O)O. The highest BCUT2D eigenvalue weighted by Crippen LogP contribution is 2.01. The van der Waals surface area contributed by atoms with E-state index >= 15 is 0 Å². The molecule has 0 aliphatic heterocycles. The lowest BCUT2D eigenvalue weighted by Crippen LogP contribution is -2.18. The van der Waals surface area contributed by atoms with Crippen LogP contribution in [0.3, 0.4) is 0 Å². The third kappa shape index (κ3) is 9.83. The fourth-order valence-electron chi connectivity index (χ4n) is 0.452. The maximum atomic E-state index is 10.1. The minimum Gasteiger partial charge on any atom is -0.264 e. The standard InChI is InChI=1S/C4H10O8S2/c1-4(2-11-13(5,6)7)3-12-14(8,9)10/h4H,2-3H2,1H3,(H,5,6,7)(H,8,9,10). The second-order valence-corrected chi connectivity index (χ2v) is 4.71. The van der Waals surface area contributed by atoms with Gasteiger partial charge < -0.3 is 0 Å². The molecule has 0 amide bonds. The molecule has 0 spiro atoms. The number of rotatable bonds is 6. The molecule has 0 unspecified atom stereocenters. The average molecular weight is 250 g/mol. The molecule has 0 aliphatic carbocycles. The van der Waals surface area contributed by atoms with Crippen LogP contribution in [0.1, 0.15) is 6.92 Å². The summed E-state index contributed by atoms with van der Waals surface area (Å²) in [6, 6.07) is 0. The van der Waals surface area contributed by atoms with Crippen LogP contribution in [-0.2, 0) is 29.2 Å². The molecule has 0 rings (SSSR count). The smallest absolute Gasteiger partial charge is 0.264 e. The molecule has 14 heavy (non-hydrogen) atoms. The molecule has 0 bridgehead atoms. The molecule has 0 heterocycles. The van der Waals surface area contributed by atoms with Gasteiger partial charge in [-0.1, -0.05) is 6.92 Å². The maximum Gasteiger partial charge on any atom is 0.397 e. The predicted molar refractivity (Wildman–Crippen MR) is 44.2 cm³/mol. The quantitative estimate of drug-likeness (QED) is 0.590. The van der Waals surface area contributed by atoms with Gasteiger partial charge in [0.15, 0.2) is 0 Å². The Balaban J connectivity index is 3.84. The summed E-state index contributed by atoms with van der Waals surface area (Å²) in [6.45, 7) is 0.499. The van der Waals surface area contributed by atoms with E-state index in [1.165, 1.54) is 6.92 Å². The van der Waals surface area contributed by atoms with Crippen molar-refractivity contribution in [2.24, 2.45) is 5.92 Å². The molecule has 0 atom stereocenters. The van der Waals surface area contributed by atoms with E-state index in [0.29, 0.717) is 0 Å².